The van der Waals surface area contributed by atoms with Gasteiger partial charge >= 0.3 is 5.97 Å². The van der Waals surface area contributed by atoms with E-state index in [4.69, 9.17) is 23.4 Å². The van der Waals surface area contributed by atoms with E-state index in [0.29, 0.717) is 5.92 Å². The molecular formula is C41H56O6Si. The van der Waals surface area contributed by atoms with Crippen LogP contribution in [0.4, 0.5) is 0 Å². The molecule has 7 heteroatoms. The lowest BCUT2D eigenvalue weighted by molar-refractivity contribution is -0.170. The maximum atomic E-state index is 13.6. The van der Waals surface area contributed by atoms with E-state index in [1.165, 1.54) is 17.5 Å². The van der Waals surface area contributed by atoms with Crippen LogP contribution in [0.1, 0.15) is 73.8 Å². The van der Waals surface area contributed by atoms with E-state index in [2.05, 4.69) is 96.1 Å². The molecule has 0 aliphatic carbocycles. The van der Waals surface area contributed by atoms with E-state index in [-0.39, 0.29) is 18.3 Å². The number of hydrogen-bond donors (Lipinski definition) is 0. The number of rotatable bonds is 15. The van der Waals surface area contributed by atoms with Crippen LogP contribution in [0.15, 0.2) is 103 Å². The van der Waals surface area contributed by atoms with E-state index in [9.17, 15) is 4.79 Å². The van der Waals surface area contributed by atoms with Gasteiger partial charge in [-0.05, 0) is 60.5 Å². The topological polar surface area (TPSA) is 63.2 Å². The van der Waals surface area contributed by atoms with Crippen molar-refractivity contribution in [2.75, 3.05) is 13.7 Å². The first kappa shape index (κ1) is 37.7. The quantitative estimate of drug-likeness (QED) is 0.0932. The zero-order chi connectivity index (χ0) is 35.0. The molecule has 0 N–H and O–H groups in total. The molecule has 0 amide bonds. The Bertz CT molecular complexity index is 1410. The molecule has 0 aromatic heterocycles. The minimum atomic E-state index is -2.88. The second-order valence-electron chi connectivity index (χ2n) is 14.8. The molecule has 1 heterocycles. The summed E-state index contributed by atoms with van der Waals surface area (Å²) in [6.45, 7) is 17.7. The third-order valence-electron chi connectivity index (χ3n) is 9.22. The van der Waals surface area contributed by atoms with Gasteiger partial charge < -0.3 is 23.4 Å². The minimum absolute atomic E-state index is 0.209. The number of ether oxygens (including phenoxy) is 4. The van der Waals surface area contributed by atoms with Gasteiger partial charge in [0.05, 0.1) is 26.4 Å². The van der Waals surface area contributed by atoms with Crippen LogP contribution in [0.5, 0.6) is 0 Å². The van der Waals surface area contributed by atoms with Gasteiger partial charge in [-0.3, -0.25) is 0 Å². The summed E-state index contributed by atoms with van der Waals surface area (Å²) in [7, 11) is -1.46. The number of allylic oxidation sites excluding steroid dienone is 1. The van der Waals surface area contributed by atoms with Crippen molar-refractivity contribution >= 4 is 24.7 Å². The molecule has 1 saturated heterocycles. The summed E-state index contributed by atoms with van der Waals surface area (Å²) in [5.41, 5.74) is 1.99. The molecule has 3 aromatic rings. The van der Waals surface area contributed by atoms with Crippen molar-refractivity contribution in [3.8, 4) is 0 Å². The summed E-state index contributed by atoms with van der Waals surface area (Å²) in [6.07, 6.45) is 2.21. The molecule has 0 saturated carbocycles. The van der Waals surface area contributed by atoms with E-state index < -0.39 is 44.3 Å². The summed E-state index contributed by atoms with van der Waals surface area (Å²) in [6, 6.07) is 31.1. The molecule has 0 spiro atoms. The standard InChI is InChI=1S/C41H56O6Si/c1-30(2)20-19-21-31(3)36(38(39(42)43-9)44-28-32-22-13-10-14-23-32)37-35(46-41(7,8)47-37)29-45-48(40(4,5)6,33-24-15-11-16-25-33)34-26-17-12-18-27-34/h10-18,21-27,30,35-38H,19-20,28-29H2,1-9H3/b31-21+/t35-,36+,37-,38?/m1/s1. The zero-order valence-electron chi connectivity index (χ0n) is 30.4. The highest BCUT2D eigenvalue weighted by Crippen LogP contribution is 2.41. The average Bonchev–Trinajstić information content (AvgIpc) is 3.36. The normalized spacial score (nSPS) is 19.7. The Morgan fingerprint density at radius 3 is 1.94 bits per heavy atom. The van der Waals surface area contributed by atoms with Gasteiger partial charge in [0.2, 0.25) is 0 Å². The summed E-state index contributed by atoms with van der Waals surface area (Å²) >= 11 is 0. The predicted molar refractivity (Wildman–Crippen MR) is 196 cm³/mol. The monoisotopic (exact) mass is 672 g/mol. The van der Waals surface area contributed by atoms with Crippen LogP contribution in [0.2, 0.25) is 5.04 Å². The molecule has 260 valence electrons. The van der Waals surface area contributed by atoms with E-state index >= 15 is 0 Å². The molecule has 4 rings (SSSR count). The van der Waals surface area contributed by atoms with Crippen molar-refractivity contribution < 1.29 is 28.2 Å². The molecule has 0 radical (unpaired) electrons. The molecular weight excluding hydrogens is 617 g/mol. The zero-order valence-corrected chi connectivity index (χ0v) is 31.4. The maximum absolute atomic E-state index is 13.6. The predicted octanol–water partition coefficient (Wildman–Crippen LogP) is 7.84. The molecule has 1 unspecified atom stereocenters. The summed E-state index contributed by atoms with van der Waals surface area (Å²) in [4.78, 5) is 13.6. The minimum Gasteiger partial charge on any atom is -0.467 e. The molecule has 4 atom stereocenters. The average molecular weight is 673 g/mol. The summed E-state index contributed by atoms with van der Waals surface area (Å²) in [5.74, 6) is -1.26. The van der Waals surface area contributed by atoms with Gasteiger partial charge in [-0.15, -0.1) is 0 Å². The molecule has 0 bridgehead atoms. The van der Waals surface area contributed by atoms with Crippen molar-refractivity contribution in [1.82, 2.24) is 0 Å². The Morgan fingerprint density at radius 1 is 0.896 bits per heavy atom. The second kappa shape index (κ2) is 16.6. The number of carbonyl (C=O) groups is 1. The Kier molecular flexibility index (Phi) is 13.0. The van der Waals surface area contributed by atoms with E-state index in [0.717, 1.165) is 24.0 Å². The number of esters is 1. The van der Waals surface area contributed by atoms with Crippen molar-refractivity contribution in [2.45, 2.75) is 104 Å². The van der Waals surface area contributed by atoms with Crippen LogP contribution < -0.4 is 10.4 Å². The van der Waals surface area contributed by atoms with Gasteiger partial charge in [-0.1, -0.05) is 137 Å². The largest absolute Gasteiger partial charge is 0.467 e. The Balaban J connectivity index is 1.77. The second-order valence-corrected chi connectivity index (χ2v) is 19.1. The Hall–Kier alpha value is -3.07. The van der Waals surface area contributed by atoms with Crippen LogP contribution in [-0.4, -0.2) is 52.1 Å². The van der Waals surface area contributed by atoms with Gasteiger partial charge in [0.25, 0.3) is 8.32 Å². The van der Waals surface area contributed by atoms with E-state index in [1.54, 1.807) is 0 Å². The number of methoxy groups -OCH3 is 1. The van der Waals surface area contributed by atoms with Crippen LogP contribution in [-0.2, 0) is 34.8 Å². The van der Waals surface area contributed by atoms with Crippen molar-refractivity contribution in [3.05, 3.63) is 108 Å². The van der Waals surface area contributed by atoms with Crippen LogP contribution in [0.25, 0.3) is 0 Å². The highest BCUT2D eigenvalue weighted by molar-refractivity contribution is 6.99. The van der Waals surface area contributed by atoms with Crippen molar-refractivity contribution in [1.29, 1.82) is 0 Å². The Morgan fingerprint density at radius 2 is 1.44 bits per heavy atom. The third kappa shape index (κ3) is 9.13. The Labute approximate surface area is 289 Å². The van der Waals surface area contributed by atoms with Crippen molar-refractivity contribution in [2.24, 2.45) is 11.8 Å². The fourth-order valence-corrected chi connectivity index (χ4v) is 11.5. The number of benzene rings is 3. The third-order valence-corrected chi connectivity index (χ3v) is 14.2. The highest BCUT2D eigenvalue weighted by Gasteiger charge is 2.54. The number of carbonyl (C=O) groups excluding carboxylic acids is 1. The first-order valence-corrected chi connectivity index (χ1v) is 19.2. The van der Waals surface area contributed by atoms with Crippen LogP contribution >= 0.6 is 0 Å². The lowest BCUT2D eigenvalue weighted by Gasteiger charge is -2.44. The van der Waals surface area contributed by atoms with Gasteiger partial charge in [-0.2, -0.15) is 0 Å². The molecule has 1 aliphatic heterocycles. The molecule has 1 fully saturated rings. The maximum Gasteiger partial charge on any atom is 0.335 e. The fraction of sp³-hybridized carbons (Fsp3) is 0.488. The number of hydrogen-bond acceptors (Lipinski definition) is 6. The van der Waals surface area contributed by atoms with E-state index in [1.807, 2.05) is 56.3 Å². The van der Waals surface area contributed by atoms with Gasteiger partial charge in [0.1, 0.15) is 6.10 Å². The van der Waals surface area contributed by atoms with Gasteiger partial charge in [0, 0.05) is 5.92 Å². The first-order chi connectivity index (χ1) is 22.8. The van der Waals surface area contributed by atoms with Crippen molar-refractivity contribution in [3.63, 3.8) is 0 Å². The summed E-state index contributed by atoms with van der Waals surface area (Å²) < 4.78 is 32.7. The van der Waals surface area contributed by atoms with Crippen LogP contribution in [0.3, 0.4) is 0 Å². The molecule has 48 heavy (non-hydrogen) atoms. The van der Waals surface area contributed by atoms with Gasteiger partial charge in [0.15, 0.2) is 11.9 Å². The smallest absolute Gasteiger partial charge is 0.335 e. The highest BCUT2D eigenvalue weighted by atomic mass is 28.4. The molecule has 1 aliphatic rings. The molecule has 6 nitrogen and oxygen atoms in total. The van der Waals surface area contributed by atoms with Crippen LogP contribution in [0, 0.1) is 11.8 Å². The lowest BCUT2D eigenvalue weighted by Crippen LogP contribution is -2.67. The van der Waals surface area contributed by atoms with Gasteiger partial charge in [-0.25, -0.2) is 4.79 Å². The lowest BCUT2D eigenvalue weighted by atomic mass is 9.85. The fourth-order valence-electron chi connectivity index (χ4n) is 6.91. The SMILES string of the molecule is COC(=O)C(OCc1ccccc1)[C@@H](/C(C)=C/CCC(C)C)[C@@H]1OC(C)(C)O[C@@H]1CO[Si](c1ccccc1)(c1ccccc1)C(C)(C)C. The molecule has 3 aromatic carbocycles. The first-order valence-electron chi connectivity index (χ1n) is 17.3. The summed E-state index contributed by atoms with van der Waals surface area (Å²) in [5, 5.41) is 2.18.